The van der Waals surface area contributed by atoms with E-state index in [0.717, 1.165) is 6.07 Å². The van der Waals surface area contributed by atoms with Gasteiger partial charge in [0.25, 0.3) is 0 Å². The predicted molar refractivity (Wildman–Crippen MR) is 124 cm³/mol. The second-order valence-corrected chi connectivity index (χ2v) is 7.81. The molecule has 11 heteroatoms. The van der Waals surface area contributed by atoms with Crippen molar-refractivity contribution < 1.29 is 28.2 Å². The van der Waals surface area contributed by atoms with E-state index in [9.17, 15) is 18.7 Å². The molecule has 1 amide bonds. The minimum Gasteiger partial charge on any atom is -0.493 e. The highest BCUT2D eigenvalue weighted by molar-refractivity contribution is 5.95. The van der Waals surface area contributed by atoms with Crippen LogP contribution < -0.4 is 15.2 Å². The number of benzene rings is 1. The molecule has 35 heavy (non-hydrogen) atoms. The van der Waals surface area contributed by atoms with Crippen molar-refractivity contribution in [1.82, 2.24) is 19.7 Å². The van der Waals surface area contributed by atoms with Crippen LogP contribution >= 0.6 is 0 Å². The number of pyridine rings is 1. The minimum atomic E-state index is -0.987. The SMILES string of the molecule is C=CC(=O)N1CC[C@H](n2nc(C#Cc3c(F)c(OC)cc(OC)c3F)c3c(N)ncc(CO)c32)C1. The smallest absolute Gasteiger partial charge is 0.246 e. The molecule has 2 aromatic heterocycles. The normalized spacial score (nSPS) is 15.1. The average molecular weight is 483 g/mol. The fourth-order valence-corrected chi connectivity index (χ4v) is 4.11. The highest BCUT2D eigenvalue weighted by Gasteiger charge is 2.30. The molecule has 3 aromatic rings. The Morgan fingerprint density at radius 3 is 2.60 bits per heavy atom. The molecule has 9 nitrogen and oxygen atoms in total. The lowest BCUT2D eigenvalue weighted by atomic mass is 10.1. The molecule has 0 spiro atoms. The lowest BCUT2D eigenvalue weighted by Crippen LogP contribution is -2.27. The van der Waals surface area contributed by atoms with Gasteiger partial charge < -0.3 is 25.2 Å². The fraction of sp³-hybridized carbons (Fsp3) is 0.292. The number of carbonyl (C=O) groups is 1. The van der Waals surface area contributed by atoms with Crippen molar-refractivity contribution in [2.75, 3.05) is 33.0 Å². The van der Waals surface area contributed by atoms with E-state index in [-0.39, 0.29) is 41.6 Å². The summed E-state index contributed by atoms with van der Waals surface area (Å²) < 4.78 is 41.2. The van der Waals surface area contributed by atoms with Gasteiger partial charge in [-0.05, 0) is 18.4 Å². The topological polar surface area (TPSA) is 116 Å². The molecule has 0 radical (unpaired) electrons. The van der Waals surface area contributed by atoms with Gasteiger partial charge in [0.2, 0.25) is 5.91 Å². The molecular formula is C24H23F2N5O4. The zero-order valence-electron chi connectivity index (χ0n) is 19.1. The zero-order valence-corrected chi connectivity index (χ0v) is 19.1. The number of amides is 1. The molecule has 1 fully saturated rings. The first-order chi connectivity index (χ1) is 16.8. The Hall–Kier alpha value is -4.17. The number of nitrogens with two attached hydrogens (primary N) is 1. The number of aliphatic hydroxyl groups excluding tert-OH is 1. The van der Waals surface area contributed by atoms with Gasteiger partial charge in [-0.1, -0.05) is 12.5 Å². The molecule has 1 atom stereocenters. The molecule has 0 bridgehead atoms. The Labute approximate surface area is 199 Å². The number of ether oxygens (including phenoxy) is 2. The van der Waals surface area contributed by atoms with Crippen LogP contribution in [-0.2, 0) is 11.4 Å². The van der Waals surface area contributed by atoms with E-state index in [0.29, 0.717) is 36.0 Å². The molecule has 0 aliphatic carbocycles. The fourth-order valence-electron chi connectivity index (χ4n) is 4.11. The van der Waals surface area contributed by atoms with Crippen molar-refractivity contribution in [3.63, 3.8) is 0 Å². The molecule has 0 saturated carbocycles. The van der Waals surface area contributed by atoms with E-state index in [1.165, 1.54) is 26.5 Å². The Balaban J connectivity index is 1.89. The van der Waals surface area contributed by atoms with Gasteiger partial charge in [0, 0.05) is 30.9 Å². The van der Waals surface area contributed by atoms with E-state index >= 15 is 0 Å². The summed E-state index contributed by atoms with van der Waals surface area (Å²) in [5.41, 5.74) is 6.63. The number of halogens is 2. The second-order valence-electron chi connectivity index (χ2n) is 7.81. The zero-order chi connectivity index (χ0) is 25.3. The van der Waals surface area contributed by atoms with E-state index in [1.807, 2.05) is 0 Å². The highest BCUT2D eigenvalue weighted by atomic mass is 19.1. The van der Waals surface area contributed by atoms with E-state index < -0.39 is 17.2 Å². The average Bonchev–Trinajstić information content (AvgIpc) is 3.50. The summed E-state index contributed by atoms with van der Waals surface area (Å²) in [6.07, 6.45) is 3.26. The van der Waals surface area contributed by atoms with Crippen molar-refractivity contribution >= 4 is 22.6 Å². The van der Waals surface area contributed by atoms with Gasteiger partial charge in [0.05, 0.1) is 37.8 Å². The number of nitrogen functional groups attached to an aromatic ring is 1. The van der Waals surface area contributed by atoms with Crippen molar-refractivity contribution in [2.45, 2.75) is 19.1 Å². The highest BCUT2D eigenvalue weighted by Crippen LogP contribution is 2.33. The molecule has 182 valence electrons. The summed E-state index contributed by atoms with van der Waals surface area (Å²) in [4.78, 5) is 17.8. The van der Waals surface area contributed by atoms with E-state index in [1.54, 1.807) is 9.58 Å². The van der Waals surface area contributed by atoms with Gasteiger partial charge in [0.15, 0.2) is 23.1 Å². The summed E-state index contributed by atoms with van der Waals surface area (Å²) >= 11 is 0. The van der Waals surface area contributed by atoms with E-state index in [2.05, 4.69) is 28.5 Å². The van der Waals surface area contributed by atoms with Crippen molar-refractivity contribution in [1.29, 1.82) is 0 Å². The van der Waals surface area contributed by atoms with Gasteiger partial charge in [-0.3, -0.25) is 9.48 Å². The number of aromatic nitrogens is 3. The molecular weight excluding hydrogens is 460 g/mol. The van der Waals surface area contributed by atoms with Crippen LogP contribution in [0, 0.1) is 23.5 Å². The lowest BCUT2D eigenvalue weighted by Gasteiger charge is -2.16. The van der Waals surface area contributed by atoms with Crippen LogP contribution in [0.5, 0.6) is 11.5 Å². The number of hydrogen-bond acceptors (Lipinski definition) is 7. The summed E-state index contributed by atoms with van der Waals surface area (Å²) in [5, 5.41) is 14.8. The van der Waals surface area contributed by atoms with Gasteiger partial charge in [0.1, 0.15) is 17.1 Å². The Kier molecular flexibility index (Phi) is 6.57. The van der Waals surface area contributed by atoms with Crippen LogP contribution in [0.1, 0.15) is 29.3 Å². The predicted octanol–water partition coefficient (Wildman–Crippen LogP) is 2.16. The van der Waals surface area contributed by atoms with Crippen molar-refractivity contribution in [3.05, 3.63) is 53.4 Å². The first kappa shape index (κ1) is 24.0. The number of carbonyl (C=O) groups excluding carboxylic acids is 1. The third-order valence-corrected chi connectivity index (χ3v) is 5.88. The molecule has 1 aliphatic rings. The number of rotatable bonds is 5. The molecule has 1 saturated heterocycles. The van der Waals surface area contributed by atoms with Crippen LogP contribution in [0.3, 0.4) is 0 Å². The Morgan fingerprint density at radius 1 is 1.31 bits per heavy atom. The third-order valence-electron chi connectivity index (χ3n) is 5.88. The van der Waals surface area contributed by atoms with Crippen LogP contribution in [0.2, 0.25) is 0 Å². The molecule has 0 unspecified atom stereocenters. The summed E-state index contributed by atoms with van der Waals surface area (Å²) in [7, 11) is 2.49. The van der Waals surface area contributed by atoms with Crippen molar-refractivity contribution in [3.8, 4) is 23.3 Å². The Morgan fingerprint density at radius 2 is 2.00 bits per heavy atom. The number of fused-ring (bicyclic) bond motifs is 1. The minimum absolute atomic E-state index is 0.0916. The standard InChI is InChI=1S/C24H23F2N5O4/c1-4-19(33)30-8-7-14(11-30)31-23-13(12-32)10-28-24(27)20(23)16(29-31)6-5-15-21(25)17(34-2)9-18(35-3)22(15)26/h4,9-10,14,32H,1,7-8,11-12H2,2-3H3,(H2,27,28)/t14-/m0/s1. The van der Waals surface area contributed by atoms with Crippen LogP contribution in [0.15, 0.2) is 24.9 Å². The number of methoxy groups -OCH3 is 2. The second kappa shape index (κ2) is 9.60. The van der Waals surface area contributed by atoms with Gasteiger partial charge in [-0.2, -0.15) is 5.10 Å². The van der Waals surface area contributed by atoms with Crippen LogP contribution in [0.25, 0.3) is 10.9 Å². The quantitative estimate of drug-likeness (QED) is 0.422. The maximum atomic E-state index is 14.8. The van der Waals surface area contributed by atoms with Crippen LogP contribution in [-0.4, -0.2) is 58.0 Å². The third kappa shape index (κ3) is 4.13. The first-order valence-corrected chi connectivity index (χ1v) is 10.6. The monoisotopic (exact) mass is 483 g/mol. The first-order valence-electron chi connectivity index (χ1n) is 10.6. The summed E-state index contributed by atoms with van der Waals surface area (Å²) in [6.45, 7) is 4.02. The summed E-state index contributed by atoms with van der Waals surface area (Å²) in [5.74, 6) is 2.63. The molecule has 3 N–H and O–H groups in total. The molecule has 3 heterocycles. The molecule has 4 rings (SSSR count). The number of anilines is 1. The van der Waals surface area contributed by atoms with Gasteiger partial charge >= 0.3 is 0 Å². The molecule has 1 aromatic carbocycles. The maximum Gasteiger partial charge on any atom is 0.246 e. The number of aliphatic hydroxyl groups is 1. The number of hydrogen-bond donors (Lipinski definition) is 2. The Bertz CT molecular complexity index is 1360. The maximum absolute atomic E-state index is 14.8. The van der Waals surface area contributed by atoms with Gasteiger partial charge in [-0.15, -0.1) is 0 Å². The van der Waals surface area contributed by atoms with Crippen LogP contribution in [0.4, 0.5) is 14.6 Å². The molecule has 1 aliphatic heterocycles. The van der Waals surface area contributed by atoms with Gasteiger partial charge in [-0.25, -0.2) is 13.8 Å². The summed E-state index contributed by atoms with van der Waals surface area (Å²) in [6, 6.07) is 0.848. The largest absolute Gasteiger partial charge is 0.493 e. The van der Waals surface area contributed by atoms with Crippen molar-refractivity contribution in [2.24, 2.45) is 0 Å². The number of nitrogens with zero attached hydrogens (tertiary/aromatic N) is 4. The van der Waals surface area contributed by atoms with E-state index in [4.69, 9.17) is 15.2 Å². The number of likely N-dealkylation sites (tertiary alicyclic amines) is 1. The lowest BCUT2D eigenvalue weighted by molar-refractivity contribution is -0.125.